The molecule has 2 bridgehead atoms. The Morgan fingerprint density at radius 2 is 1.92 bits per heavy atom. The Morgan fingerprint density at radius 1 is 1.16 bits per heavy atom. The molecule has 1 aromatic heterocycles. The van der Waals surface area contributed by atoms with Crippen molar-refractivity contribution < 1.29 is 4.42 Å². The normalized spacial score (nSPS) is 24.5. The maximum atomic E-state index is 6.33. The van der Waals surface area contributed by atoms with E-state index in [1.807, 2.05) is 18.2 Å². The zero-order valence-corrected chi connectivity index (χ0v) is 18.3. The molecule has 3 saturated heterocycles. The molecule has 1 aromatic carbocycles. The van der Waals surface area contributed by atoms with Crippen molar-refractivity contribution in [2.75, 3.05) is 19.6 Å². The van der Waals surface area contributed by atoms with Gasteiger partial charge in [0.05, 0.1) is 11.6 Å². The molecule has 3 aliphatic rings. The molecule has 1 N–H and O–H groups in total. The number of furan rings is 1. The van der Waals surface area contributed by atoms with Gasteiger partial charge in [-0.05, 0) is 84.8 Å². The van der Waals surface area contributed by atoms with E-state index < -0.39 is 0 Å². The fourth-order valence-corrected chi connectivity index (χ4v) is 4.68. The highest BCUT2D eigenvalue weighted by Crippen LogP contribution is 2.31. The molecule has 7 heteroatoms. The van der Waals surface area contributed by atoms with E-state index >= 15 is 0 Å². The molecule has 0 aliphatic carbocycles. The third-order valence-corrected chi connectivity index (χ3v) is 6.04. The number of hydrogen-bond donors (Lipinski definition) is 1. The van der Waals surface area contributed by atoms with Gasteiger partial charge in [0, 0.05) is 21.7 Å². The molecule has 5 rings (SSSR count). The summed E-state index contributed by atoms with van der Waals surface area (Å²) in [6, 6.07) is 10.7. The van der Waals surface area contributed by atoms with Crippen LogP contribution in [0.4, 0.5) is 0 Å². The van der Waals surface area contributed by atoms with E-state index in [1.165, 1.54) is 32.5 Å². The van der Waals surface area contributed by atoms with Crippen molar-refractivity contribution in [3.63, 3.8) is 0 Å². The van der Waals surface area contributed by atoms with Crippen LogP contribution < -0.4 is 5.32 Å². The van der Waals surface area contributed by atoms with Crippen LogP contribution in [0.3, 0.4) is 0 Å². The fourth-order valence-electron chi connectivity index (χ4n) is 3.74. The predicted molar refractivity (Wildman–Crippen MR) is 116 cm³/mol. The second kappa shape index (κ2) is 9.29. The summed E-state index contributed by atoms with van der Waals surface area (Å²) in [5.41, 5.74) is 0.959. The van der Waals surface area contributed by atoms with E-state index in [2.05, 4.69) is 44.9 Å². The van der Waals surface area contributed by atoms with Gasteiger partial charge in [0.2, 0.25) is 0 Å². The summed E-state index contributed by atoms with van der Waals surface area (Å²) < 4.78 is 7.13. The van der Waals surface area contributed by atoms with Crippen molar-refractivity contribution in [1.29, 1.82) is 0 Å². The third kappa shape index (κ3) is 4.85. The second-order valence-corrected chi connectivity index (χ2v) is 8.17. The lowest BCUT2D eigenvalue weighted by molar-refractivity contribution is 0.0711. The third-order valence-electron chi connectivity index (χ3n) is 5.05. The SMILES string of the molecule is Cl.Cl.Clc1cc(I)ccc1-c1ccc(CNC2CN3CCC2CC3)o1. The molecule has 0 spiro atoms. The Kier molecular flexibility index (Phi) is 7.92. The predicted octanol–water partition coefficient (Wildman–Crippen LogP) is 5.23. The molecule has 3 nitrogen and oxygen atoms in total. The summed E-state index contributed by atoms with van der Waals surface area (Å²) in [6.07, 6.45) is 2.67. The van der Waals surface area contributed by atoms with Crippen LogP contribution in [0.15, 0.2) is 34.7 Å². The number of benzene rings is 1. The number of rotatable bonds is 4. The van der Waals surface area contributed by atoms with Crippen LogP contribution in [0.1, 0.15) is 18.6 Å². The van der Waals surface area contributed by atoms with Gasteiger partial charge < -0.3 is 14.6 Å². The molecule has 25 heavy (non-hydrogen) atoms. The first-order valence-corrected chi connectivity index (χ1v) is 9.64. The molecule has 3 fully saturated rings. The minimum atomic E-state index is 0. The van der Waals surface area contributed by atoms with Crippen molar-refractivity contribution in [3.8, 4) is 11.3 Å². The second-order valence-electron chi connectivity index (χ2n) is 6.52. The highest BCUT2D eigenvalue weighted by atomic mass is 127. The quantitative estimate of drug-likeness (QED) is 0.565. The lowest BCUT2D eigenvalue weighted by Crippen LogP contribution is -2.55. The lowest BCUT2D eigenvalue weighted by Gasteiger charge is -2.45. The summed E-state index contributed by atoms with van der Waals surface area (Å²) >= 11 is 8.59. The first-order valence-electron chi connectivity index (χ1n) is 8.19. The highest BCUT2D eigenvalue weighted by Gasteiger charge is 2.33. The van der Waals surface area contributed by atoms with Crippen LogP contribution in [-0.2, 0) is 6.54 Å². The number of hydrogen-bond acceptors (Lipinski definition) is 3. The fraction of sp³-hybridized carbons (Fsp3) is 0.444. The van der Waals surface area contributed by atoms with E-state index in [1.54, 1.807) is 0 Å². The molecule has 138 valence electrons. The first kappa shape index (κ1) is 21.3. The van der Waals surface area contributed by atoms with Crippen LogP contribution in [0.25, 0.3) is 11.3 Å². The molecule has 2 aromatic rings. The molecular formula is C18H22Cl3IN2O. The molecule has 0 amide bonds. The van der Waals surface area contributed by atoms with Gasteiger partial charge in [0.15, 0.2) is 0 Å². The van der Waals surface area contributed by atoms with E-state index in [0.29, 0.717) is 6.04 Å². The minimum Gasteiger partial charge on any atom is -0.460 e. The molecule has 3 aliphatic heterocycles. The van der Waals surface area contributed by atoms with E-state index in [4.69, 9.17) is 16.0 Å². The zero-order chi connectivity index (χ0) is 15.8. The maximum Gasteiger partial charge on any atom is 0.135 e. The number of nitrogens with one attached hydrogen (secondary N) is 1. The highest BCUT2D eigenvalue weighted by molar-refractivity contribution is 14.1. The van der Waals surface area contributed by atoms with Crippen LogP contribution in [0, 0.1) is 9.49 Å². The molecule has 0 saturated carbocycles. The maximum absolute atomic E-state index is 6.33. The minimum absolute atomic E-state index is 0. The summed E-state index contributed by atoms with van der Waals surface area (Å²) in [5, 5.41) is 4.43. The summed E-state index contributed by atoms with van der Waals surface area (Å²) in [6.45, 7) is 4.52. The van der Waals surface area contributed by atoms with E-state index in [9.17, 15) is 0 Å². The van der Waals surface area contributed by atoms with Crippen LogP contribution >= 0.6 is 59.0 Å². The van der Waals surface area contributed by atoms with Crippen LogP contribution in [-0.4, -0.2) is 30.6 Å². The van der Waals surface area contributed by atoms with Gasteiger partial charge in [0.25, 0.3) is 0 Å². The van der Waals surface area contributed by atoms with Crippen molar-refractivity contribution in [3.05, 3.63) is 44.7 Å². The first-order chi connectivity index (χ1) is 11.2. The Balaban J connectivity index is 0.00000113. The number of piperidine rings is 3. The van der Waals surface area contributed by atoms with Gasteiger partial charge in [-0.2, -0.15) is 0 Å². The monoisotopic (exact) mass is 514 g/mol. The molecule has 0 radical (unpaired) electrons. The molecule has 1 unspecified atom stereocenters. The van der Waals surface area contributed by atoms with Gasteiger partial charge in [0.1, 0.15) is 11.5 Å². The number of fused-ring (bicyclic) bond motifs is 3. The van der Waals surface area contributed by atoms with Crippen molar-refractivity contribution >= 4 is 59.0 Å². The van der Waals surface area contributed by atoms with E-state index in [0.717, 1.165) is 38.1 Å². The largest absolute Gasteiger partial charge is 0.460 e. The van der Waals surface area contributed by atoms with Gasteiger partial charge in [-0.3, -0.25) is 0 Å². The van der Waals surface area contributed by atoms with E-state index in [-0.39, 0.29) is 24.8 Å². The Morgan fingerprint density at radius 3 is 2.56 bits per heavy atom. The smallest absolute Gasteiger partial charge is 0.135 e. The summed E-state index contributed by atoms with van der Waals surface area (Å²) in [5.74, 6) is 2.66. The molecule has 1 atom stereocenters. The Bertz CT molecular complexity index is 701. The average molecular weight is 516 g/mol. The molecular weight excluding hydrogens is 493 g/mol. The van der Waals surface area contributed by atoms with Gasteiger partial charge in [-0.1, -0.05) is 11.6 Å². The number of nitrogens with zero attached hydrogens (tertiary/aromatic N) is 1. The molecule has 4 heterocycles. The summed E-state index contributed by atoms with van der Waals surface area (Å²) in [7, 11) is 0. The van der Waals surface area contributed by atoms with Crippen LogP contribution in [0.5, 0.6) is 0 Å². The standard InChI is InChI=1S/C18H20ClIN2O.2ClH/c19-16-9-13(20)1-3-15(16)18-4-2-14(23-18)10-21-17-11-22-7-5-12(17)6-8-22;;/h1-4,9,12,17,21H,5-8,10-11H2;2*1H. The van der Waals surface area contributed by atoms with Gasteiger partial charge in [-0.15, -0.1) is 24.8 Å². The van der Waals surface area contributed by atoms with Crippen molar-refractivity contribution in [1.82, 2.24) is 10.2 Å². The van der Waals surface area contributed by atoms with Crippen molar-refractivity contribution in [2.24, 2.45) is 5.92 Å². The lowest BCUT2D eigenvalue weighted by atomic mass is 9.84. The number of halogens is 4. The average Bonchev–Trinajstić information content (AvgIpc) is 3.03. The van der Waals surface area contributed by atoms with Gasteiger partial charge >= 0.3 is 0 Å². The topological polar surface area (TPSA) is 28.4 Å². The Hall–Kier alpha value is 0.0200. The summed E-state index contributed by atoms with van der Waals surface area (Å²) in [4.78, 5) is 2.57. The van der Waals surface area contributed by atoms with Crippen molar-refractivity contribution in [2.45, 2.75) is 25.4 Å². The van der Waals surface area contributed by atoms with Crippen LogP contribution in [0.2, 0.25) is 5.02 Å². The van der Waals surface area contributed by atoms with Gasteiger partial charge in [-0.25, -0.2) is 0 Å². The zero-order valence-electron chi connectivity index (χ0n) is 13.7. The Labute approximate surface area is 179 Å².